The van der Waals surface area contributed by atoms with E-state index in [1.807, 2.05) is 11.3 Å². The van der Waals surface area contributed by atoms with Crippen molar-refractivity contribution in [3.63, 3.8) is 0 Å². The van der Waals surface area contributed by atoms with Crippen molar-refractivity contribution in [3.8, 4) is 0 Å². The molecule has 0 bridgehead atoms. The Labute approximate surface area is 489 Å². The molecule has 0 radical (unpaired) electrons. The van der Waals surface area contributed by atoms with Crippen LogP contribution in [0.3, 0.4) is 0 Å². The van der Waals surface area contributed by atoms with Crippen molar-refractivity contribution in [1.82, 2.24) is 0 Å². The summed E-state index contributed by atoms with van der Waals surface area (Å²) < 4.78 is 2.66. The van der Waals surface area contributed by atoms with E-state index in [0.717, 1.165) is 23.5 Å². The summed E-state index contributed by atoms with van der Waals surface area (Å²) in [5.74, 6) is 0. The Balaban J connectivity index is 1.10. The molecule has 2 aliphatic carbocycles. The van der Waals surface area contributed by atoms with Crippen molar-refractivity contribution in [1.29, 1.82) is 0 Å². The largest absolute Gasteiger partial charge is 0.311 e. The van der Waals surface area contributed by atoms with Crippen LogP contribution in [0.4, 0.5) is 51.2 Å². The van der Waals surface area contributed by atoms with Gasteiger partial charge in [-0.2, -0.15) is 0 Å². The minimum atomic E-state index is -0.0212. The van der Waals surface area contributed by atoms with E-state index < -0.39 is 0 Å². The minimum Gasteiger partial charge on any atom is -0.311 e. The lowest BCUT2D eigenvalue weighted by molar-refractivity contribution is 0.332. The first-order valence-corrected chi connectivity index (χ1v) is 30.9. The van der Waals surface area contributed by atoms with Crippen LogP contribution in [0.15, 0.2) is 146 Å². The predicted octanol–water partition coefficient (Wildman–Crippen LogP) is 20.1. The number of anilines is 9. The molecule has 3 heterocycles. The fourth-order valence-electron chi connectivity index (χ4n) is 15.0. The molecule has 412 valence electrons. The van der Waals surface area contributed by atoms with Crippen LogP contribution in [0, 0.1) is 6.92 Å². The lowest BCUT2D eigenvalue weighted by Crippen LogP contribution is -2.61. The number of benzene rings is 8. The molecule has 81 heavy (non-hydrogen) atoms. The van der Waals surface area contributed by atoms with Crippen LogP contribution in [0.5, 0.6) is 0 Å². The summed E-state index contributed by atoms with van der Waals surface area (Å²) in [4.78, 5) is 7.84. The lowest BCUT2D eigenvalue weighted by Gasteiger charge is -2.46. The number of rotatable bonds is 5. The minimum absolute atomic E-state index is 0.0157. The van der Waals surface area contributed by atoms with Crippen LogP contribution in [0.2, 0.25) is 0 Å². The Morgan fingerprint density at radius 3 is 1.48 bits per heavy atom. The summed E-state index contributed by atoms with van der Waals surface area (Å²) in [5, 5.41) is 2.63. The van der Waals surface area contributed by atoms with Crippen molar-refractivity contribution in [2.45, 2.75) is 182 Å². The first-order valence-electron chi connectivity index (χ1n) is 30.1. The number of hydrogen-bond donors (Lipinski definition) is 0. The third-order valence-electron chi connectivity index (χ3n) is 19.6. The van der Waals surface area contributed by atoms with Gasteiger partial charge in [0.1, 0.15) is 0 Å². The van der Waals surface area contributed by atoms with E-state index in [0.29, 0.717) is 0 Å². The summed E-state index contributed by atoms with van der Waals surface area (Å²) in [7, 11) is 0. The Morgan fingerprint density at radius 2 is 0.901 bits per heavy atom. The van der Waals surface area contributed by atoms with Gasteiger partial charge in [-0.25, -0.2) is 0 Å². The first kappa shape index (κ1) is 53.7. The average Bonchev–Trinajstić information content (AvgIpc) is 4.02. The zero-order chi connectivity index (χ0) is 57.5. The average molecular weight is 1080 g/mol. The number of thiophene rings is 1. The van der Waals surface area contributed by atoms with Gasteiger partial charge in [-0.3, -0.25) is 0 Å². The molecule has 8 aromatic carbocycles. The van der Waals surface area contributed by atoms with E-state index in [2.05, 4.69) is 285 Å². The van der Waals surface area contributed by atoms with Gasteiger partial charge in [0.15, 0.2) is 0 Å². The molecule has 0 unspecified atom stereocenters. The van der Waals surface area contributed by atoms with E-state index in [4.69, 9.17) is 0 Å². The highest BCUT2D eigenvalue weighted by atomic mass is 32.1. The van der Waals surface area contributed by atoms with Crippen LogP contribution in [-0.2, 0) is 37.9 Å². The number of aryl methyl sites for hydroxylation is 1. The second kappa shape index (κ2) is 17.7. The van der Waals surface area contributed by atoms with E-state index in [9.17, 15) is 0 Å². The summed E-state index contributed by atoms with van der Waals surface area (Å²) in [6.07, 6.45) is 3.47. The number of hydrogen-bond acceptors (Lipinski definition) is 4. The van der Waals surface area contributed by atoms with Crippen LogP contribution < -0.4 is 31.1 Å². The lowest BCUT2D eigenvalue weighted by atomic mass is 9.33. The molecular formula is C76H84BN3S. The fraction of sp³-hybridized carbons (Fsp3) is 0.368. The number of nitrogens with zero attached hydrogens (tertiary/aromatic N) is 3. The van der Waals surface area contributed by atoms with E-state index in [-0.39, 0.29) is 44.6 Å². The molecule has 3 nitrogen and oxygen atoms in total. The Hall–Kier alpha value is -6.56. The van der Waals surface area contributed by atoms with Gasteiger partial charge in [-0.05, 0) is 216 Å². The molecule has 9 aromatic rings. The molecule has 0 saturated carbocycles. The smallest absolute Gasteiger partial charge is 0.252 e. The summed E-state index contributed by atoms with van der Waals surface area (Å²) in [6, 6.07) is 58.5. The maximum atomic E-state index is 2.70. The van der Waals surface area contributed by atoms with Gasteiger partial charge in [-0.1, -0.05) is 172 Å². The van der Waals surface area contributed by atoms with Gasteiger partial charge in [0.25, 0.3) is 6.71 Å². The van der Waals surface area contributed by atoms with Crippen LogP contribution >= 0.6 is 11.3 Å². The van der Waals surface area contributed by atoms with Gasteiger partial charge in [0.05, 0.1) is 0 Å². The molecule has 0 amide bonds. The van der Waals surface area contributed by atoms with Crippen LogP contribution in [0.1, 0.15) is 181 Å². The monoisotopic (exact) mass is 1080 g/mol. The third kappa shape index (κ3) is 8.63. The second-order valence-electron chi connectivity index (χ2n) is 30.6. The van der Waals surface area contributed by atoms with Crippen molar-refractivity contribution >= 4 is 106 Å². The topological polar surface area (TPSA) is 9.72 Å². The fourth-order valence-corrected chi connectivity index (χ4v) is 16.2. The Morgan fingerprint density at radius 1 is 0.407 bits per heavy atom. The normalized spacial score (nSPS) is 17.4. The highest BCUT2D eigenvalue weighted by molar-refractivity contribution is 7.25. The summed E-state index contributed by atoms with van der Waals surface area (Å²) in [6.45, 7) is 42.9. The Bertz CT molecular complexity index is 3990. The maximum absolute atomic E-state index is 2.70. The predicted molar refractivity (Wildman–Crippen MR) is 355 cm³/mol. The molecule has 0 atom stereocenters. The van der Waals surface area contributed by atoms with Crippen molar-refractivity contribution in [3.05, 3.63) is 190 Å². The Kier molecular flexibility index (Phi) is 11.8. The first-order chi connectivity index (χ1) is 37.9. The van der Waals surface area contributed by atoms with Gasteiger partial charge in [-0.15, -0.1) is 11.3 Å². The molecule has 4 aliphatic rings. The van der Waals surface area contributed by atoms with Crippen LogP contribution in [-0.4, -0.2) is 6.71 Å². The highest BCUT2D eigenvalue weighted by Gasteiger charge is 2.49. The standard InChI is InChI=1S/C76H84BN3S/c1-46-37-65-69-66(38-46)80(53-28-32-57-58(41-53)74(13,14)36-35-73(57,11)12)64-44-60-59(75(15,16)45-76(60,17)18)43-62(64)77(69)61-33-29-54(78(50-24-19-47(20-25-50)70(2,3)4)51-26-21-48(22-27-51)71(5,6)7)42-63(61)79(65)52-30-34-67-56(40-52)55-31-23-49(72(8,9)10)39-68(55)81-67/h19-34,37-44H,35-36,45H2,1-18H3. The second-order valence-corrected chi connectivity index (χ2v) is 31.7. The zero-order valence-corrected chi connectivity index (χ0v) is 52.6. The van der Waals surface area contributed by atoms with Gasteiger partial charge in [0, 0.05) is 71.4 Å². The van der Waals surface area contributed by atoms with Crippen molar-refractivity contribution < 1.29 is 0 Å². The molecule has 2 aliphatic heterocycles. The number of fused-ring (bicyclic) bond motifs is 9. The van der Waals surface area contributed by atoms with E-state index >= 15 is 0 Å². The third-order valence-corrected chi connectivity index (χ3v) is 20.7. The summed E-state index contributed by atoms with van der Waals surface area (Å²) >= 11 is 1.92. The van der Waals surface area contributed by atoms with Crippen molar-refractivity contribution in [2.24, 2.45) is 0 Å². The summed E-state index contributed by atoms with van der Waals surface area (Å²) in [5.41, 5.74) is 26.5. The maximum Gasteiger partial charge on any atom is 0.252 e. The van der Waals surface area contributed by atoms with Gasteiger partial charge in [0.2, 0.25) is 0 Å². The molecule has 5 heteroatoms. The van der Waals surface area contributed by atoms with E-state index in [1.54, 1.807) is 0 Å². The van der Waals surface area contributed by atoms with E-state index in [1.165, 1.54) is 128 Å². The molecule has 1 aromatic heterocycles. The zero-order valence-electron chi connectivity index (χ0n) is 51.8. The van der Waals surface area contributed by atoms with Crippen LogP contribution in [0.25, 0.3) is 20.2 Å². The van der Waals surface area contributed by atoms with Gasteiger partial charge >= 0.3 is 0 Å². The molecular weight excluding hydrogens is 998 g/mol. The molecule has 0 N–H and O–H groups in total. The molecule has 0 saturated heterocycles. The van der Waals surface area contributed by atoms with Crippen molar-refractivity contribution in [2.75, 3.05) is 14.7 Å². The van der Waals surface area contributed by atoms with Gasteiger partial charge < -0.3 is 14.7 Å². The molecule has 13 rings (SSSR count). The SMILES string of the molecule is Cc1cc2c3c(c1)N(c1ccc4c(c1)C(C)(C)CCC4(C)C)c1cc4c(cc1B3c1ccc(N(c3ccc(C(C)(C)C)cc3)c3ccc(C(C)(C)C)cc3)cc1N2c1ccc2sc3cc(C(C)(C)C)ccc3c2c1)C(C)(C)CC4(C)C. The highest BCUT2D eigenvalue weighted by Crippen LogP contribution is 2.55. The molecule has 0 spiro atoms. The quantitative estimate of drug-likeness (QED) is 0.159. The molecule has 0 fully saturated rings.